The number of hydrogen-bond donors (Lipinski definition) is 0. The Balaban J connectivity index is 1.83. The van der Waals surface area contributed by atoms with Crippen LogP contribution in [0.4, 0.5) is 0 Å². The fourth-order valence-corrected chi connectivity index (χ4v) is 2.95. The Bertz CT molecular complexity index is 649. The summed E-state index contributed by atoms with van der Waals surface area (Å²) in [6, 6.07) is 13.4. The van der Waals surface area contributed by atoms with E-state index in [0.717, 1.165) is 23.1 Å². The van der Waals surface area contributed by atoms with E-state index >= 15 is 0 Å². The molecule has 1 atom stereocenters. The summed E-state index contributed by atoms with van der Waals surface area (Å²) in [7, 11) is 0. The minimum atomic E-state index is 0.0228. The van der Waals surface area contributed by atoms with Crippen LogP contribution in [0.2, 0.25) is 10.0 Å². The number of hydrogen-bond acceptors (Lipinski definition) is 1. The Morgan fingerprint density at radius 3 is 2.58 bits per heavy atom. The lowest BCUT2D eigenvalue weighted by molar-refractivity contribution is 0.0936. The zero-order chi connectivity index (χ0) is 13.4. The third-order valence-corrected chi connectivity index (χ3v) is 4.33. The largest absolute Gasteiger partial charge is 0.294 e. The summed E-state index contributed by atoms with van der Waals surface area (Å²) in [5, 5.41) is 1.09. The molecule has 96 valence electrons. The van der Waals surface area contributed by atoms with Crippen LogP contribution in [0.5, 0.6) is 0 Å². The summed E-state index contributed by atoms with van der Waals surface area (Å²) in [4.78, 5) is 12.3. The molecule has 1 unspecified atom stereocenters. The third kappa shape index (κ3) is 2.41. The molecule has 0 bridgehead atoms. The molecule has 0 fully saturated rings. The number of carbonyl (C=O) groups is 1. The van der Waals surface area contributed by atoms with Crippen LogP contribution in [0.25, 0.3) is 0 Å². The lowest BCUT2D eigenvalue weighted by atomic mass is 9.96. The van der Waals surface area contributed by atoms with E-state index in [0.29, 0.717) is 16.5 Å². The second-order valence-electron chi connectivity index (χ2n) is 4.88. The molecule has 0 radical (unpaired) electrons. The quantitative estimate of drug-likeness (QED) is 0.790. The van der Waals surface area contributed by atoms with Gasteiger partial charge in [-0.3, -0.25) is 4.79 Å². The van der Waals surface area contributed by atoms with E-state index in [9.17, 15) is 4.79 Å². The van der Waals surface area contributed by atoms with Gasteiger partial charge < -0.3 is 0 Å². The van der Waals surface area contributed by atoms with Gasteiger partial charge in [0.1, 0.15) is 0 Å². The fourth-order valence-electron chi connectivity index (χ4n) is 2.63. The maximum absolute atomic E-state index is 12.3. The molecule has 1 aliphatic rings. The first kappa shape index (κ1) is 12.7. The standard InChI is InChI=1S/C16H12Cl2O/c17-14-6-5-10(8-15(14)18)7-12-9-11-3-1-2-4-13(11)16(12)19/h1-6,8,12H,7,9H2. The van der Waals surface area contributed by atoms with Gasteiger partial charge >= 0.3 is 0 Å². The summed E-state index contributed by atoms with van der Waals surface area (Å²) in [6.07, 6.45) is 1.53. The van der Waals surface area contributed by atoms with E-state index in [4.69, 9.17) is 23.2 Å². The van der Waals surface area contributed by atoms with Crippen molar-refractivity contribution >= 4 is 29.0 Å². The van der Waals surface area contributed by atoms with Gasteiger partial charge in [-0.1, -0.05) is 53.5 Å². The Hall–Kier alpha value is -1.31. The minimum Gasteiger partial charge on any atom is -0.294 e. The van der Waals surface area contributed by atoms with E-state index in [2.05, 4.69) is 0 Å². The van der Waals surface area contributed by atoms with Crippen molar-refractivity contribution in [3.8, 4) is 0 Å². The second-order valence-corrected chi connectivity index (χ2v) is 5.69. The fraction of sp³-hybridized carbons (Fsp3) is 0.188. The van der Waals surface area contributed by atoms with Gasteiger partial charge in [-0.15, -0.1) is 0 Å². The molecular formula is C16H12Cl2O. The van der Waals surface area contributed by atoms with Crippen molar-refractivity contribution in [1.82, 2.24) is 0 Å². The average molecular weight is 291 g/mol. The molecule has 0 N–H and O–H groups in total. The number of fused-ring (bicyclic) bond motifs is 1. The van der Waals surface area contributed by atoms with Gasteiger partial charge in [-0.2, -0.15) is 0 Å². The predicted molar refractivity (Wildman–Crippen MR) is 78.1 cm³/mol. The second kappa shape index (κ2) is 4.99. The first-order valence-electron chi connectivity index (χ1n) is 6.21. The molecule has 0 amide bonds. The van der Waals surface area contributed by atoms with E-state index in [-0.39, 0.29) is 11.7 Å². The topological polar surface area (TPSA) is 17.1 Å². The predicted octanol–water partition coefficient (Wildman–Crippen LogP) is 4.59. The van der Waals surface area contributed by atoms with Crippen LogP contribution in [0, 0.1) is 5.92 Å². The van der Waals surface area contributed by atoms with Gasteiger partial charge in [0.25, 0.3) is 0 Å². The molecule has 1 aliphatic carbocycles. The Morgan fingerprint density at radius 1 is 1.05 bits per heavy atom. The van der Waals surface area contributed by atoms with Crippen LogP contribution in [0.15, 0.2) is 42.5 Å². The SMILES string of the molecule is O=C1c2ccccc2CC1Cc1ccc(Cl)c(Cl)c1. The third-order valence-electron chi connectivity index (χ3n) is 3.59. The number of benzene rings is 2. The molecule has 19 heavy (non-hydrogen) atoms. The summed E-state index contributed by atoms with van der Waals surface area (Å²) >= 11 is 11.9. The van der Waals surface area contributed by atoms with Gasteiger partial charge in [0.2, 0.25) is 0 Å². The minimum absolute atomic E-state index is 0.0228. The molecule has 0 aliphatic heterocycles. The number of Topliss-reactive ketones (excluding diaryl/α,β-unsaturated/α-hetero) is 1. The molecular weight excluding hydrogens is 279 g/mol. The molecule has 0 saturated carbocycles. The summed E-state index contributed by atoms with van der Waals surface area (Å²) in [5.74, 6) is 0.260. The average Bonchev–Trinajstić information content (AvgIpc) is 2.72. The van der Waals surface area contributed by atoms with Crippen molar-refractivity contribution in [2.24, 2.45) is 5.92 Å². The first-order valence-corrected chi connectivity index (χ1v) is 6.97. The Kier molecular flexibility index (Phi) is 3.34. The van der Waals surface area contributed by atoms with Crippen molar-refractivity contribution in [1.29, 1.82) is 0 Å². The highest BCUT2D eigenvalue weighted by atomic mass is 35.5. The number of ketones is 1. The van der Waals surface area contributed by atoms with E-state index in [1.807, 2.05) is 36.4 Å². The van der Waals surface area contributed by atoms with Crippen LogP contribution >= 0.6 is 23.2 Å². The van der Waals surface area contributed by atoms with E-state index in [1.54, 1.807) is 6.07 Å². The molecule has 2 aromatic rings. The van der Waals surface area contributed by atoms with Gasteiger partial charge in [0.15, 0.2) is 5.78 Å². The summed E-state index contributed by atoms with van der Waals surface area (Å²) in [5.41, 5.74) is 3.07. The lowest BCUT2D eigenvalue weighted by Crippen LogP contribution is -2.12. The highest BCUT2D eigenvalue weighted by Gasteiger charge is 2.29. The van der Waals surface area contributed by atoms with Crippen molar-refractivity contribution in [2.75, 3.05) is 0 Å². The lowest BCUT2D eigenvalue weighted by Gasteiger charge is -2.08. The van der Waals surface area contributed by atoms with Crippen molar-refractivity contribution < 1.29 is 4.79 Å². The van der Waals surface area contributed by atoms with Crippen LogP contribution in [-0.4, -0.2) is 5.78 Å². The molecule has 3 heteroatoms. The normalized spacial score (nSPS) is 17.6. The molecule has 3 rings (SSSR count). The molecule has 0 aromatic heterocycles. The van der Waals surface area contributed by atoms with Crippen molar-refractivity contribution in [3.05, 3.63) is 69.2 Å². The Morgan fingerprint density at radius 2 is 1.84 bits per heavy atom. The molecule has 2 aromatic carbocycles. The van der Waals surface area contributed by atoms with Gasteiger partial charge in [-0.05, 0) is 36.1 Å². The van der Waals surface area contributed by atoms with Crippen LogP contribution in [0.1, 0.15) is 21.5 Å². The van der Waals surface area contributed by atoms with Crippen molar-refractivity contribution in [3.63, 3.8) is 0 Å². The maximum Gasteiger partial charge on any atom is 0.166 e. The molecule has 0 heterocycles. The van der Waals surface area contributed by atoms with Crippen LogP contribution in [-0.2, 0) is 12.8 Å². The number of carbonyl (C=O) groups excluding carboxylic acids is 1. The summed E-state index contributed by atoms with van der Waals surface area (Å²) < 4.78 is 0. The number of halogens is 2. The van der Waals surface area contributed by atoms with E-state index in [1.165, 1.54) is 0 Å². The van der Waals surface area contributed by atoms with Gasteiger partial charge in [0, 0.05) is 11.5 Å². The number of rotatable bonds is 2. The molecule has 0 spiro atoms. The van der Waals surface area contributed by atoms with Gasteiger partial charge in [-0.25, -0.2) is 0 Å². The summed E-state index contributed by atoms with van der Waals surface area (Å²) in [6.45, 7) is 0. The smallest absolute Gasteiger partial charge is 0.166 e. The zero-order valence-electron chi connectivity index (χ0n) is 10.2. The highest BCUT2D eigenvalue weighted by Crippen LogP contribution is 2.30. The first-order chi connectivity index (χ1) is 9.15. The molecule has 0 saturated heterocycles. The van der Waals surface area contributed by atoms with Crippen molar-refractivity contribution in [2.45, 2.75) is 12.8 Å². The Labute approximate surface area is 122 Å². The highest BCUT2D eigenvalue weighted by molar-refractivity contribution is 6.42. The zero-order valence-corrected chi connectivity index (χ0v) is 11.7. The molecule has 1 nitrogen and oxygen atoms in total. The van der Waals surface area contributed by atoms with Gasteiger partial charge in [0.05, 0.1) is 10.0 Å². The monoisotopic (exact) mass is 290 g/mol. The van der Waals surface area contributed by atoms with Crippen LogP contribution < -0.4 is 0 Å². The van der Waals surface area contributed by atoms with Crippen LogP contribution in [0.3, 0.4) is 0 Å². The maximum atomic E-state index is 12.3. The van der Waals surface area contributed by atoms with E-state index < -0.39 is 0 Å².